The Hall–Kier alpha value is -2.07. The van der Waals surface area contributed by atoms with Gasteiger partial charge < -0.3 is 10.0 Å². The molecule has 1 aliphatic heterocycles. The molecule has 0 spiro atoms. The minimum atomic E-state index is -3.01. The Morgan fingerprint density at radius 3 is 2.70 bits per heavy atom. The van der Waals surface area contributed by atoms with Crippen LogP contribution in [-0.4, -0.2) is 44.1 Å². The quantitative estimate of drug-likeness (QED) is 0.888. The minimum Gasteiger partial charge on any atom is -0.478 e. The van der Waals surface area contributed by atoms with Gasteiger partial charge in [0.2, 0.25) is 0 Å². The standard InChI is InChI=1S/C13H14N2O4S/c1-15(11-4-5-20(18,19)8-11)12-3-2-9(13(16)17)6-10(12)7-14/h2-3,6,11H,4-5,8H2,1H3,(H,16,17). The van der Waals surface area contributed by atoms with E-state index in [9.17, 15) is 13.2 Å². The van der Waals surface area contributed by atoms with E-state index < -0.39 is 15.8 Å². The molecule has 20 heavy (non-hydrogen) atoms. The van der Waals surface area contributed by atoms with Crippen LogP contribution in [0.1, 0.15) is 22.3 Å². The van der Waals surface area contributed by atoms with Gasteiger partial charge in [0.25, 0.3) is 0 Å². The minimum absolute atomic E-state index is 0.0396. The fourth-order valence-electron chi connectivity index (χ4n) is 2.34. The number of carbonyl (C=O) groups is 1. The topological polar surface area (TPSA) is 98.5 Å². The number of sulfone groups is 1. The number of benzene rings is 1. The number of aromatic carboxylic acids is 1. The van der Waals surface area contributed by atoms with Gasteiger partial charge in [0.05, 0.1) is 28.3 Å². The second-order valence-corrected chi connectivity index (χ2v) is 7.05. The summed E-state index contributed by atoms with van der Waals surface area (Å²) in [7, 11) is -1.28. The van der Waals surface area contributed by atoms with Crippen molar-refractivity contribution in [2.45, 2.75) is 12.5 Å². The van der Waals surface area contributed by atoms with Crippen molar-refractivity contribution < 1.29 is 18.3 Å². The molecule has 1 unspecified atom stereocenters. The molecule has 106 valence electrons. The Morgan fingerprint density at radius 1 is 1.50 bits per heavy atom. The number of carboxylic acid groups (broad SMARTS) is 1. The second kappa shape index (κ2) is 5.13. The molecule has 0 radical (unpaired) electrons. The van der Waals surface area contributed by atoms with E-state index >= 15 is 0 Å². The zero-order valence-electron chi connectivity index (χ0n) is 10.9. The van der Waals surface area contributed by atoms with Crippen molar-refractivity contribution in [2.75, 3.05) is 23.5 Å². The molecule has 0 bridgehead atoms. The highest BCUT2D eigenvalue weighted by Crippen LogP contribution is 2.26. The molecule has 1 aliphatic rings. The Morgan fingerprint density at radius 2 is 2.20 bits per heavy atom. The van der Waals surface area contributed by atoms with Crippen molar-refractivity contribution in [1.29, 1.82) is 5.26 Å². The smallest absolute Gasteiger partial charge is 0.335 e. The third kappa shape index (κ3) is 2.75. The third-order valence-electron chi connectivity index (χ3n) is 3.50. The van der Waals surface area contributed by atoms with E-state index in [1.54, 1.807) is 18.0 Å². The molecule has 1 fully saturated rings. The van der Waals surface area contributed by atoms with Crippen molar-refractivity contribution in [3.8, 4) is 6.07 Å². The van der Waals surface area contributed by atoms with Crippen molar-refractivity contribution in [3.63, 3.8) is 0 Å². The van der Waals surface area contributed by atoms with E-state index in [1.165, 1.54) is 12.1 Å². The molecule has 6 nitrogen and oxygen atoms in total. The van der Waals surface area contributed by atoms with Crippen LogP contribution in [0.3, 0.4) is 0 Å². The van der Waals surface area contributed by atoms with E-state index in [0.29, 0.717) is 12.1 Å². The lowest BCUT2D eigenvalue weighted by atomic mass is 10.1. The molecule has 1 heterocycles. The zero-order chi connectivity index (χ0) is 14.9. The molecular formula is C13H14N2O4S. The SMILES string of the molecule is CN(c1ccc(C(=O)O)cc1C#N)C1CCS(=O)(=O)C1. The summed E-state index contributed by atoms with van der Waals surface area (Å²) in [5.74, 6) is -0.884. The van der Waals surface area contributed by atoms with Crippen LogP contribution in [0, 0.1) is 11.3 Å². The maximum Gasteiger partial charge on any atom is 0.335 e. The van der Waals surface area contributed by atoms with Crippen LogP contribution in [0.5, 0.6) is 0 Å². The highest BCUT2D eigenvalue weighted by Gasteiger charge is 2.31. The fourth-order valence-corrected chi connectivity index (χ4v) is 4.12. The summed E-state index contributed by atoms with van der Waals surface area (Å²) in [6.45, 7) is 0. The molecule has 0 amide bonds. The Labute approximate surface area is 117 Å². The highest BCUT2D eigenvalue weighted by molar-refractivity contribution is 7.91. The number of carboxylic acids is 1. The largest absolute Gasteiger partial charge is 0.478 e. The van der Waals surface area contributed by atoms with Crippen LogP contribution in [0.2, 0.25) is 0 Å². The monoisotopic (exact) mass is 294 g/mol. The molecule has 0 aliphatic carbocycles. The van der Waals surface area contributed by atoms with Gasteiger partial charge in [-0.3, -0.25) is 0 Å². The summed E-state index contributed by atoms with van der Waals surface area (Å²) >= 11 is 0. The molecular weight excluding hydrogens is 280 g/mol. The first-order valence-electron chi connectivity index (χ1n) is 6.05. The fraction of sp³-hybridized carbons (Fsp3) is 0.385. The zero-order valence-corrected chi connectivity index (χ0v) is 11.7. The maximum absolute atomic E-state index is 11.5. The van der Waals surface area contributed by atoms with Gasteiger partial charge in [0, 0.05) is 13.1 Å². The van der Waals surface area contributed by atoms with Crippen LogP contribution in [-0.2, 0) is 9.84 Å². The summed E-state index contributed by atoms with van der Waals surface area (Å²) in [6.07, 6.45) is 0.518. The third-order valence-corrected chi connectivity index (χ3v) is 5.25. The molecule has 1 N–H and O–H groups in total. The molecule has 0 saturated carbocycles. The lowest BCUT2D eigenvalue weighted by molar-refractivity contribution is 0.0697. The van der Waals surface area contributed by atoms with Crippen LogP contribution in [0.15, 0.2) is 18.2 Å². The molecule has 0 aromatic heterocycles. The van der Waals surface area contributed by atoms with Gasteiger partial charge in [-0.2, -0.15) is 5.26 Å². The van der Waals surface area contributed by atoms with E-state index in [4.69, 9.17) is 10.4 Å². The summed E-state index contributed by atoms with van der Waals surface area (Å²) in [4.78, 5) is 12.6. The molecule has 2 rings (SSSR count). The first-order chi connectivity index (χ1) is 9.34. The van der Waals surface area contributed by atoms with E-state index in [1.807, 2.05) is 6.07 Å². The van der Waals surface area contributed by atoms with Crippen molar-refractivity contribution in [3.05, 3.63) is 29.3 Å². The lowest BCUT2D eigenvalue weighted by Crippen LogP contribution is -2.33. The van der Waals surface area contributed by atoms with Crippen molar-refractivity contribution in [2.24, 2.45) is 0 Å². The number of hydrogen-bond acceptors (Lipinski definition) is 5. The lowest BCUT2D eigenvalue weighted by Gasteiger charge is -2.26. The van der Waals surface area contributed by atoms with E-state index in [0.717, 1.165) is 0 Å². The van der Waals surface area contributed by atoms with Gasteiger partial charge in [-0.15, -0.1) is 0 Å². The normalized spacial score (nSPS) is 20.3. The number of rotatable bonds is 3. The molecule has 1 saturated heterocycles. The average molecular weight is 294 g/mol. The molecule has 1 atom stereocenters. The van der Waals surface area contributed by atoms with Gasteiger partial charge in [-0.05, 0) is 24.6 Å². The van der Waals surface area contributed by atoms with Crippen LogP contribution >= 0.6 is 0 Å². The number of hydrogen-bond donors (Lipinski definition) is 1. The molecule has 7 heteroatoms. The van der Waals surface area contributed by atoms with Crippen molar-refractivity contribution in [1.82, 2.24) is 0 Å². The Bertz CT molecular complexity index is 691. The van der Waals surface area contributed by atoms with E-state index in [2.05, 4.69) is 0 Å². The van der Waals surface area contributed by atoms with E-state index in [-0.39, 0.29) is 28.7 Å². The molecule has 1 aromatic carbocycles. The van der Waals surface area contributed by atoms with Gasteiger partial charge in [0.1, 0.15) is 6.07 Å². The summed E-state index contributed by atoms with van der Waals surface area (Å²) < 4.78 is 23.0. The summed E-state index contributed by atoms with van der Waals surface area (Å²) in [5, 5.41) is 18.0. The Balaban J connectivity index is 2.33. The van der Waals surface area contributed by atoms with Gasteiger partial charge >= 0.3 is 5.97 Å². The predicted octanol–water partition coefficient (Wildman–Crippen LogP) is 0.880. The first-order valence-corrected chi connectivity index (χ1v) is 7.87. The summed E-state index contributed by atoms with van der Waals surface area (Å²) in [6, 6.07) is 6.05. The maximum atomic E-state index is 11.5. The molecule has 1 aromatic rings. The van der Waals surface area contributed by atoms with Crippen LogP contribution in [0.25, 0.3) is 0 Å². The van der Waals surface area contributed by atoms with Crippen molar-refractivity contribution >= 4 is 21.5 Å². The number of nitrogens with zero attached hydrogens (tertiary/aromatic N) is 2. The first kappa shape index (κ1) is 14.3. The van der Waals surface area contributed by atoms with Crippen LogP contribution < -0.4 is 4.90 Å². The van der Waals surface area contributed by atoms with Crippen LogP contribution in [0.4, 0.5) is 5.69 Å². The predicted molar refractivity (Wildman–Crippen MR) is 73.6 cm³/mol. The van der Waals surface area contributed by atoms with Gasteiger partial charge in [-0.1, -0.05) is 0 Å². The summed E-state index contributed by atoms with van der Waals surface area (Å²) in [5.41, 5.74) is 0.828. The number of nitriles is 1. The highest BCUT2D eigenvalue weighted by atomic mass is 32.2. The second-order valence-electron chi connectivity index (χ2n) is 4.82. The van der Waals surface area contributed by atoms with Gasteiger partial charge in [-0.25, -0.2) is 13.2 Å². The Kier molecular flexibility index (Phi) is 3.68. The number of anilines is 1. The average Bonchev–Trinajstić information content (AvgIpc) is 2.77. The van der Waals surface area contributed by atoms with Gasteiger partial charge in [0.15, 0.2) is 9.84 Å².